The van der Waals surface area contributed by atoms with E-state index in [0.717, 1.165) is 0 Å². The first kappa shape index (κ1) is 12.4. The van der Waals surface area contributed by atoms with E-state index in [1.807, 2.05) is 0 Å². The Labute approximate surface area is 101 Å². The Kier molecular flexibility index (Phi) is 2.72. The molecule has 1 fully saturated rings. The minimum atomic E-state index is -4.27. The summed E-state index contributed by atoms with van der Waals surface area (Å²) in [5.74, 6) is 0.154. The van der Waals surface area contributed by atoms with Gasteiger partial charge in [-0.1, -0.05) is 11.6 Å². The molecule has 1 heterocycles. The van der Waals surface area contributed by atoms with Crippen molar-refractivity contribution in [3.63, 3.8) is 0 Å². The van der Waals surface area contributed by atoms with Crippen LogP contribution in [0.2, 0.25) is 5.15 Å². The predicted molar refractivity (Wildman–Crippen MR) is 58.2 cm³/mol. The third-order valence-electron chi connectivity index (χ3n) is 3.12. The number of rotatable bonds is 2. The number of hydrogen-bond donors (Lipinski definition) is 1. The number of nitrogens with one attached hydrogen (secondary N) is 1. The van der Waals surface area contributed by atoms with Gasteiger partial charge in [0.25, 0.3) is 0 Å². The molecule has 0 spiro atoms. The molecule has 17 heavy (non-hydrogen) atoms. The molecule has 0 aromatic carbocycles. The van der Waals surface area contributed by atoms with Gasteiger partial charge in [-0.25, -0.2) is 0 Å². The average Bonchev–Trinajstić information content (AvgIpc) is 2.99. The van der Waals surface area contributed by atoms with E-state index in [-0.39, 0.29) is 23.8 Å². The largest absolute Gasteiger partial charge is 0.411 e. The fourth-order valence-corrected chi connectivity index (χ4v) is 1.71. The lowest BCUT2D eigenvalue weighted by atomic mass is 10.1. The highest BCUT2D eigenvalue weighted by Crippen LogP contribution is 2.51. The maximum absolute atomic E-state index is 12.8. The molecule has 0 unspecified atom stereocenters. The normalized spacial score (nSPS) is 18.0. The van der Waals surface area contributed by atoms with Gasteiger partial charge in [0, 0.05) is 0 Å². The second-order valence-corrected chi connectivity index (χ2v) is 4.65. The van der Waals surface area contributed by atoms with Crippen LogP contribution in [0.3, 0.4) is 0 Å². The summed E-state index contributed by atoms with van der Waals surface area (Å²) in [5.41, 5.74) is -0.588. The molecule has 1 aromatic rings. The van der Waals surface area contributed by atoms with E-state index in [4.69, 9.17) is 11.6 Å². The van der Waals surface area contributed by atoms with Crippen LogP contribution in [-0.2, 0) is 0 Å². The van der Waals surface area contributed by atoms with E-state index >= 15 is 0 Å². The van der Waals surface area contributed by atoms with Gasteiger partial charge in [-0.3, -0.25) is 0 Å². The summed E-state index contributed by atoms with van der Waals surface area (Å²) >= 11 is 5.74. The van der Waals surface area contributed by atoms with Gasteiger partial charge in [0.05, 0.1) is 0 Å². The van der Waals surface area contributed by atoms with Crippen molar-refractivity contribution in [2.75, 3.05) is 5.32 Å². The van der Waals surface area contributed by atoms with Crippen LogP contribution in [0, 0.1) is 13.8 Å². The minimum absolute atomic E-state index is 0.0687. The van der Waals surface area contributed by atoms with Crippen molar-refractivity contribution < 1.29 is 13.2 Å². The number of anilines is 1. The molecule has 0 aliphatic heterocycles. The van der Waals surface area contributed by atoms with Crippen molar-refractivity contribution in [3.8, 4) is 0 Å². The smallest absolute Gasteiger partial charge is 0.354 e. The van der Waals surface area contributed by atoms with Crippen LogP contribution in [0.25, 0.3) is 0 Å². The molecule has 1 aliphatic rings. The molecule has 0 radical (unpaired) electrons. The summed E-state index contributed by atoms with van der Waals surface area (Å²) in [4.78, 5) is 0. The second-order valence-electron chi connectivity index (χ2n) is 4.29. The van der Waals surface area contributed by atoms with E-state index < -0.39 is 11.7 Å². The molecule has 2 rings (SSSR count). The number of nitrogens with zero attached hydrogens (tertiary/aromatic N) is 2. The van der Waals surface area contributed by atoms with Crippen molar-refractivity contribution in [2.24, 2.45) is 0 Å². The Morgan fingerprint density at radius 1 is 1.18 bits per heavy atom. The molecular formula is C10H11ClF3N3. The minimum Gasteiger partial charge on any atom is -0.354 e. The van der Waals surface area contributed by atoms with Gasteiger partial charge in [0.15, 0.2) is 11.0 Å². The molecular weight excluding hydrogens is 255 g/mol. The van der Waals surface area contributed by atoms with E-state index in [0.29, 0.717) is 11.1 Å². The molecule has 94 valence electrons. The third kappa shape index (κ3) is 2.06. The van der Waals surface area contributed by atoms with Gasteiger partial charge in [-0.05, 0) is 37.8 Å². The zero-order chi connectivity index (χ0) is 12.8. The first-order valence-electron chi connectivity index (χ1n) is 5.11. The van der Waals surface area contributed by atoms with Crippen molar-refractivity contribution >= 4 is 17.4 Å². The van der Waals surface area contributed by atoms with Crippen LogP contribution in [0.4, 0.5) is 19.0 Å². The fraction of sp³-hybridized carbons (Fsp3) is 0.600. The van der Waals surface area contributed by atoms with Crippen LogP contribution < -0.4 is 5.32 Å². The van der Waals surface area contributed by atoms with E-state index in [1.165, 1.54) is 0 Å². The summed E-state index contributed by atoms with van der Waals surface area (Å²) < 4.78 is 38.3. The highest BCUT2D eigenvalue weighted by Gasteiger charge is 2.63. The van der Waals surface area contributed by atoms with Crippen LogP contribution in [0.15, 0.2) is 0 Å². The molecule has 0 amide bonds. The monoisotopic (exact) mass is 265 g/mol. The van der Waals surface area contributed by atoms with E-state index in [2.05, 4.69) is 15.5 Å². The zero-order valence-electron chi connectivity index (χ0n) is 9.32. The zero-order valence-corrected chi connectivity index (χ0v) is 10.1. The lowest BCUT2D eigenvalue weighted by Crippen LogP contribution is -2.39. The van der Waals surface area contributed by atoms with Gasteiger partial charge >= 0.3 is 6.18 Å². The standard InChI is InChI=1S/C10H11ClF3N3/c1-5-6(2)8(17-16-7(5)11)15-9(3-4-9)10(12,13)14/h3-4H2,1-2H3,(H,15,17). The van der Waals surface area contributed by atoms with Gasteiger partial charge in [0.1, 0.15) is 5.54 Å². The molecule has 1 N–H and O–H groups in total. The molecule has 0 atom stereocenters. The maximum atomic E-state index is 12.8. The molecule has 1 aromatic heterocycles. The maximum Gasteiger partial charge on any atom is 0.411 e. The third-order valence-corrected chi connectivity index (χ3v) is 3.47. The van der Waals surface area contributed by atoms with Crippen LogP contribution in [0.5, 0.6) is 0 Å². The van der Waals surface area contributed by atoms with Crippen LogP contribution >= 0.6 is 11.6 Å². The molecule has 1 saturated carbocycles. The molecule has 0 bridgehead atoms. The predicted octanol–water partition coefficient (Wildman–Crippen LogP) is 3.25. The van der Waals surface area contributed by atoms with E-state index in [9.17, 15) is 13.2 Å². The average molecular weight is 266 g/mol. The summed E-state index contributed by atoms with van der Waals surface area (Å²) in [5, 5.41) is 9.96. The molecule has 1 aliphatic carbocycles. The van der Waals surface area contributed by atoms with Crippen molar-refractivity contribution in [1.82, 2.24) is 10.2 Å². The Bertz CT molecular complexity index is 455. The SMILES string of the molecule is Cc1c(Cl)nnc(NC2(C(F)(F)F)CC2)c1C. The molecule has 3 nitrogen and oxygen atoms in total. The quantitative estimate of drug-likeness (QED) is 0.892. The number of aromatic nitrogens is 2. The Hall–Kier alpha value is -1.04. The number of alkyl halides is 3. The van der Waals surface area contributed by atoms with Crippen LogP contribution in [0.1, 0.15) is 24.0 Å². The summed E-state index contributed by atoms with van der Waals surface area (Å²) in [6.07, 6.45) is -4.13. The van der Waals surface area contributed by atoms with E-state index in [1.54, 1.807) is 13.8 Å². The first-order chi connectivity index (χ1) is 7.77. The Balaban J connectivity index is 2.29. The molecule has 7 heteroatoms. The summed E-state index contributed by atoms with van der Waals surface area (Å²) in [6, 6.07) is 0. The topological polar surface area (TPSA) is 37.8 Å². The first-order valence-corrected chi connectivity index (χ1v) is 5.49. The Morgan fingerprint density at radius 3 is 2.24 bits per heavy atom. The number of hydrogen-bond acceptors (Lipinski definition) is 3. The van der Waals surface area contributed by atoms with Gasteiger partial charge in [-0.15, -0.1) is 10.2 Å². The molecule has 0 saturated heterocycles. The fourth-order valence-electron chi connectivity index (χ4n) is 1.53. The van der Waals surface area contributed by atoms with Crippen molar-refractivity contribution in [2.45, 2.75) is 38.4 Å². The second kappa shape index (κ2) is 3.73. The van der Waals surface area contributed by atoms with Gasteiger partial charge in [0.2, 0.25) is 0 Å². The highest BCUT2D eigenvalue weighted by atomic mass is 35.5. The number of halogens is 4. The van der Waals surface area contributed by atoms with Crippen molar-refractivity contribution in [3.05, 3.63) is 16.3 Å². The Morgan fingerprint density at radius 2 is 1.76 bits per heavy atom. The lowest BCUT2D eigenvalue weighted by Gasteiger charge is -2.22. The summed E-state index contributed by atoms with van der Waals surface area (Å²) in [7, 11) is 0. The van der Waals surface area contributed by atoms with Gasteiger partial charge in [-0.2, -0.15) is 13.2 Å². The highest BCUT2D eigenvalue weighted by molar-refractivity contribution is 6.30. The van der Waals surface area contributed by atoms with Crippen molar-refractivity contribution in [1.29, 1.82) is 0 Å². The van der Waals surface area contributed by atoms with Crippen LogP contribution in [-0.4, -0.2) is 21.9 Å². The summed E-state index contributed by atoms with van der Waals surface area (Å²) in [6.45, 7) is 3.37. The van der Waals surface area contributed by atoms with Gasteiger partial charge < -0.3 is 5.32 Å². The lowest BCUT2D eigenvalue weighted by molar-refractivity contribution is -0.151.